The monoisotopic (exact) mass is 364 g/mol. The summed E-state index contributed by atoms with van der Waals surface area (Å²) in [5.41, 5.74) is 0.662. The topological polar surface area (TPSA) is 78.1 Å². The van der Waals surface area contributed by atoms with Crippen molar-refractivity contribution in [1.82, 2.24) is 14.9 Å². The number of likely N-dealkylation sites (tertiary alicyclic amines) is 1. The summed E-state index contributed by atoms with van der Waals surface area (Å²) in [6.45, 7) is 1.56. The van der Waals surface area contributed by atoms with Gasteiger partial charge in [0.1, 0.15) is 5.82 Å². The number of anilines is 1. The van der Waals surface area contributed by atoms with E-state index in [1.165, 1.54) is 24.5 Å². The van der Waals surface area contributed by atoms with E-state index in [1.807, 2.05) is 4.90 Å². The van der Waals surface area contributed by atoms with Crippen molar-refractivity contribution in [3.8, 4) is 0 Å². The van der Waals surface area contributed by atoms with E-state index in [0.29, 0.717) is 6.54 Å². The Morgan fingerprint density at radius 3 is 3.04 bits per heavy atom. The molecule has 6 nitrogen and oxygen atoms in total. The molecule has 1 aromatic carbocycles. The smallest absolute Gasteiger partial charge is 0.250 e. The van der Waals surface area contributed by atoms with Crippen molar-refractivity contribution in [3.05, 3.63) is 57.5 Å². The molecule has 1 aliphatic rings. The third-order valence-corrected chi connectivity index (χ3v) is 4.43. The maximum Gasteiger partial charge on any atom is 0.250 e. The Hall–Kier alpha value is -2.25. The van der Waals surface area contributed by atoms with Gasteiger partial charge in [-0.2, -0.15) is 0 Å². The van der Waals surface area contributed by atoms with Crippen LogP contribution in [0, 0.1) is 5.82 Å². The van der Waals surface area contributed by atoms with Gasteiger partial charge in [0.05, 0.1) is 24.3 Å². The summed E-state index contributed by atoms with van der Waals surface area (Å²) < 4.78 is 13.8. The van der Waals surface area contributed by atoms with Gasteiger partial charge in [0.2, 0.25) is 5.91 Å². The van der Waals surface area contributed by atoms with Gasteiger partial charge in [0, 0.05) is 23.6 Å². The molecule has 0 radical (unpaired) electrons. The number of aromatic amines is 1. The van der Waals surface area contributed by atoms with Gasteiger partial charge in [-0.05, 0) is 37.6 Å². The van der Waals surface area contributed by atoms with Crippen molar-refractivity contribution in [1.29, 1.82) is 0 Å². The van der Waals surface area contributed by atoms with Gasteiger partial charge in [0.25, 0.3) is 5.56 Å². The second-order valence-corrected chi connectivity index (χ2v) is 6.52. The molecule has 25 heavy (non-hydrogen) atoms. The number of nitrogens with zero attached hydrogens (tertiary/aromatic N) is 2. The lowest BCUT2D eigenvalue weighted by molar-refractivity contribution is -0.117. The highest BCUT2D eigenvalue weighted by atomic mass is 35.5. The first-order valence-corrected chi connectivity index (χ1v) is 8.41. The molecule has 2 heterocycles. The average Bonchev–Trinajstić information content (AvgIpc) is 2.58. The first kappa shape index (κ1) is 17.6. The number of hydrogen-bond acceptors (Lipinski definition) is 4. The van der Waals surface area contributed by atoms with Crippen LogP contribution in [0.2, 0.25) is 5.02 Å². The quantitative estimate of drug-likeness (QED) is 0.873. The van der Waals surface area contributed by atoms with Gasteiger partial charge in [-0.25, -0.2) is 9.37 Å². The SMILES string of the molecule is O=C(CN1CCC[C@H](c2cc(=O)[nH]cn2)C1)Nc1ccc(Cl)cc1F. The number of carbonyl (C=O) groups excluding carboxylic acids is 1. The predicted molar refractivity (Wildman–Crippen MR) is 93.3 cm³/mol. The number of amides is 1. The van der Waals surface area contributed by atoms with Crippen LogP contribution in [-0.4, -0.2) is 40.4 Å². The van der Waals surface area contributed by atoms with Crippen molar-refractivity contribution in [3.63, 3.8) is 0 Å². The first-order chi connectivity index (χ1) is 12.0. The molecule has 1 atom stereocenters. The van der Waals surface area contributed by atoms with E-state index in [0.717, 1.165) is 31.1 Å². The fourth-order valence-corrected chi connectivity index (χ4v) is 3.19. The van der Waals surface area contributed by atoms with E-state index in [9.17, 15) is 14.0 Å². The summed E-state index contributed by atoms with van der Waals surface area (Å²) in [5, 5.41) is 2.84. The third-order valence-electron chi connectivity index (χ3n) is 4.20. The summed E-state index contributed by atoms with van der Waals surface area (Å²) in [6, 6.07) is 5.62. The van der Waals surface area contributed by atoms with Crippen molar-refractivity contribution in [2.24, 2.45) is 0 Å². The number of piperidine rings is 1. The second-order valence-electron chi connectivity index (χ2n) is 6.08. The minimum atomic E-state index is -0.565. The van der Waals surface area contributed by atoms with Gasteiger partial charge in [-0.1, -0.05) is 11.6 Å². The Morgan fingerprint density at radius 2 is 2.28 bits per heavy atom. The minimum absolute atomic E-state index is 0.108. The molecule has 0 bridgehead atoms. The highest BCUT2D eigenvalue weighted by molar-refractivity contribution is 6.30. The molecule has 132 valence electrons. The summed E-state index contributed by atoms with van der Waals surface area (Å²) >= 11 is 5.70. The molecule has 1 aliphatic heterocycles. The lowest BCUT2D eigenvalue weighted by Crippen LogP contribution is -2.40. The number of halogens is 2. The predicted octanol–water partition coefficient (Wildman–Crippen LogP) is 2.38. The molecule has 0 aliphatic carbocycles. The molecule has 1 saturated heterocycles. The second kappa shape index (κ2) is 7.76. The molecule has 1 amide bonds. The lowest BCUT2D eigenvalue weighted by atomic mass is 9.94. The lowest BCUT2D eigenvalue weighted by Gasteiger charge is -2.31. The Kier molecular flexibility index (Phi) is 5.45. The zero-order valence-electron chi connectivity index (χ0n) is 13.5. The summed E-state index contributed by atoms with van der Waals surface area (Å²) in [6.07, 6.45) is 3.22. The Balaban J connectivity index is 1.60. The maximum atomic E-state index is 13.8. The average molecular weight is 365 g/mol. The normalized spacial score (nSPS) is 18.1. The number of carbonyl (C=O) groups is 1. The Morgan fingerprint density at radius 1 is 1.44 bits per heavy atom. The number of aromatic nitrogens is 2. The van der Waals surface area contributed by atoms with E-state index in [2.05, 4.69) is 15.3 Å². The van der Waals surface area contributed by atoms with Crippen LogP contribution in [0.15, 0.2) is 35.4 Å². The molecular weight excluding hydrogens is 347 g/mol. The molecule has 0 spiro atoms. The molecule has 8 heteroatoms. The van der Waals surface area contributed by atoms with Crippen LogP contribution >= 0.6 is 11.6 Å². The zero-order valence-corrected chi connectivity index (χ0v) is 14.2. The largest absolute Gasteiger partial charge is 0.322 e. The third kappa shape index (κ3) is 4.64. The number of nitrogens with one attached hydrogen (secondary N) is 2. The molecule has 1 aromatic heterocycles. The summed E-state index contributed by atoms with van der Waals surface area (Å²) in [4.78, 5) is 32.3. The molecule has 1 fully saturated rings. The highest BCUT2D eigenvalue weighted by Crippen LogP contribution is 2.24. The van der Waals surface area contributed by atoms with Crippen molar-refractivity contribution >= 4 is 23.2 Å². The van der Waals surface area contributed by atoms with Gasteiger partial charge < -0.3 is 10.3 Å². The van der Waals surface area contributed by atoms with E-state index in [-0.39, 0.29) is 34.6 Å². The fraction of sp³-hybridized carbons (Fsp3) is 0.353. The van der Waals surface area contributed by atoms with Crippen LogP contribution < -0.4 is 10.9 Å². The van der Waals surface area contributed by atoms with Crippen LogP contribution in [-0.2, 0) is 4.79 Å². The van der Waals surface area contributed by atoms with Crippen molar-refractivity contribution < 1.29 is 9.18 Å². The molecule has 2 aromatic rings. The number of hydrogen-bond donors (Lipinski definition) is 2. The number of rotatable bonds is 4. The van der Waals surface area contributed by atoms with Crippen LogP contribution in [0.25, 0.3) is 0 Å². The van der Waals surface area contributed by atoms with Crippen molar-refractivity contribution in [2.45, 2.75) is 18.8 Å². The molecule has 3 rings (SSSR count). The Labute approximate surface area is 149 Å². The van der Waals surface area contributed by atoms with Crippen LogP contribution in [0.3, 0.4) is 0 Å². The molecule has 0 unspecified atom stereocenters. The van der Waals surface area contributed by atoms with E-state index >= 15 is 0 Å². The molecule has 2 N–H and O–H groups in total. The van der Waals surface area contributed by atoms with Gasteiger partial charge in [-0.3, -0.25) is 14.5 Å². The maximum absolute atomic E-state index is 13.8. The summed E-state index contributed by atoms with van der Waals surface area (Å²) in [7, 11) is 0. The van der Waals surface area contributed by atoms with Gasteiger partial charge in [0.15, 0.2) is 0 Å². The molecule has 0 saturated carbocycles. The minimum Gasteiger partial charge on any atom is -0.322 e. The van der Waals surface area contributed by atoms with Gasteiger partial charge in [-0.15, -0.1) is 0 Å². The summed E-state index contributed by atoms with van der Waals surface area (Å²) in [5.74, 6) is -0.748. The number of H-pyrrole nitrogens is 1. The standard InChI is InChI=1S/C17H18ClFN4O2/c18-12-3-4-14(13(19)6-12)22-17(25)9-23-5-1-2-11(8-23)15-7-16(24)21-10-20-15/h3-4,6-7,10-11H,1-2,5,8-9H2,(H,22,25)(H,20,21,24)/t11-/m0/s1. The molecular formula is C17H18ClFN4O2. The van der Waals surface area contributed by atoms with E-state index in [4.69, 9.17) is 11.6 Å². The van der Waals surface area contributed by atoms with Gasteiger partial charge >= 0.3 is 0 Å². The van der Waals surface area contributed by atoms with Crippen LogP contribution in [0.4, 0.5) is 10.1 Å². The zero-order chi connectivity index (χ0) is 17.8. The fourth-order valence-electron chi connectivity index (χ4n) is 3.03. The van der Waals surface area contributed by atoms with E-state index in [1.54, 1.807) is 0 Å². The van der Waals surface area contributed by atoms with E-state index < -0.39 is 5.82 Å². The van der Waals surface area contributed by atoms with Crippen molar-refractivity contribution in [2.75, 3.05) is 25.0 Å². The highest BCUT2D eigenvalue weighted by Gasteiger charge is 2.24. The first-order valence-electron chi connectivity index (χ1n) is 8.03. The van der Waals surface area contributed by atoms with Crippen LogP contribution in [0.5, 0.6) is 0 Å². The Bertz CT molecular complexity index is 826. The number of benzene rings is 1. The van der Waals surface area contributed by atoms with Crippen LogP contribution in [0.1, 0.15) is 24.5 Å².